The zero-order valence-electron chi connectivity index (χ0n) is 14.2. The Morgan fingerprint density at radius 2 is 1.75 bits per heavy atom. The number of carbonyl (C=O) groups is 1. The Kier molecular flexibility index (Phi) is 5.29. The number of carbonyl (C=O) groups excluding carboxylic acids is 1. The SMILES string of the molecule is COc1ccc(C)cc1CN(C)C(=O)c1ccc(S(C)(=O)=O)cc1. The van der Waals surface area contributed by atoms with E-state index in [-0.39, 0.29) is 10.8 Å². The summed E-state index contributed by atoms with van der Waals surface area (Å²) in [6.07, 6.45) is 1.14. The molecule has 0 unspecified atom stereocenters. The molecule has 0 aliphatic carbocycles. The predicted molar refractivity (Wildman–Crippen MR) is 93.1 cm³/mol. The highest BCUT2D eigenvalue weighted by Gasteiger charge is 2.15. The molecule has 0 saturated carbocycles. The Balaban J connectivity index is 2.20. The zero-order valence-corrected chi connectivity index (χ0v) is 15.1. The highest BCUT2D eigenvalue weighted by molar-refractivity contribution is 7.90. The second-order valence-corrected chi connectivity index (χ2v) is 7.79. The van der Waals surface area contributed by atoms with Crippen molar-refractivity contribution >= 4 is 15.7 Å². The van der Waals surface area contributed by atoms with Gasteiger partial charge in [0.15, 0.2) is 9.84 Å². The summed E-state index contributed by atoms with van der Waals surface area (Å²) in [5.41, 5.74) is 2.45. The molecule has 0 aliphatic heterocycles. The minimum atomic E-state index is -3.27. The van der Waals surface area contributed by atoms with Gasteiger partial charge in [-0.25, -0.2) is 8.42 Å². The molecule has 0 heterocycles. The molecule has 0 bridgehead atoms. The lowest BCUT2D eigenvalue weighted by Gasteiger charge is -2.19. The van der Waals surface area contributed by atoms with E-state index in [4.69, 9.17) is 4.74 Å². The third-order valence-electron chi connectivity index (χ3n) is 3.72. The summed E-state index contributed by atoms with van der Waals surface area (Å²) < 4.78 is 28.3. The van der Waals surface area contributed by atoms with Gasteiger partial charge in [0.25, 0.3) is 5.91 Å². The molecule has 0 atom stereocenters. The van der Waals surface area contributed by atoms with Crippen molar-refractivity contribution in [2.75, 3.05) is 20.4 Å². The molecule has 0 aliphatic rings. The first-order valence-corrected chi connectivity index (χ1v) is 9.30. The van der Waals surface area contributed by atoms with Crippen molar-refractivity contribution < 1.29 is 17.9 Å². The van der Waals surface area contributed by atoms with Crippen molar-refractivity contribution in [3.8, 4) is 5.75 Å². The smallest absolute Gasteiger partial charge is 0.253 e. The van der Waals surface area contributed by atoms with Gasteiger partial charge in [-0.3, -0.25) is 4.79 Å². The topological polar surface area (TPSA) is 63.7 Å². The summed E-state index contributed by atoms with van der Waals surface area (Å²) in [7, 11) is 0.0308. The summed E-state index contributed by atoms with van der Waals surface area (Å²) in [6.45, 7) is 2.38. The Bertz CT molecular complexity index is 842. The van der Waals surface area contributed by atoms with Crippen LogP contribution in [0, 0.1) is 6.92 Å². The number of hydrogen-bond donors (Lipinski definition) is 0. The van der Waals surface area contributed by atoms with Crippen LogP contribution in [0.3, 0.4) is 0 Å². The molecule has 24 heavy (non-hydrogen) atoms. The standard InChI is InChI=1S/C18H21NO4S/c1-13-5-10-17(23-3)15(11-13)12-19(2)18(20)14-6-8-16(9-7-14)24(4,21)22/h5-11H,12H2,1-4H3. The minimum absolute atomic E-state index is 0.182. The summed E-state index contributed by atoms with van der Waals surface area (Å²) in [4.78, 5) is 14.3. The number of ether oxygens (including phenoxy) is 1. The third kappa shape index (κ3) is 4.14. The number of amides is 1. The number of rotatable bonds is 5. The van der Waals surface area contributed by atoms with E-state index in [2.05, 4.69) is 0 Å². The summed E-state index contributed by atoms with van der Waals surface area (Å²) >= 11 is 0. The largest absolute Gasteiger partial charge is 0.496 e. The maximum atomic E-state index is 12.5. The monoisotopic (exact) mass is 347 g/mol. The summed E-state index contributed by atoms with van der Waals surface area (Å²) in [5, 5.41) is 0. The lowest BCUT2D eigenvalue weighted by molar-refractivity contribution is 0.0784. The highest BCUT2D eigenvalue weighted by Crippen LogP contribution is 2.22. The van der Waals surface area contributed by atoms with E-state index >= 15 is 0 Å². The van der Waals surface area contributed by atoms with Gasteiger partial charge in [-0.05, 0) is 37.3 Å². The fourth-order valence-corrected chi connectivity index (χ4v) is 3.05. The first-order chi connectivity index (χ1) is 11.2. The fraction of sp³-hybridized carbons (Fsp3) is 0.278. The summed E-state index contributed by atoms with van der Waals surface area (Å²) in [6, 6.07) is 11.8. The van der Waals surface area contributed by atoms with E-state index in [1.807, 2.05) is 25.1 Å². The van der Waals surface area contributed by atoms with Crippen LogP contribution >= 0.6 is 0 Å². The number of benzene rings is 2. The highest BCUT2D eigenvalue weighted by atomic mass is 32.2. The maximum absolute atomic E-state index is 12.5. The van der Waals surface area contributed by atoms with Crippen LogP contribution < -0.4 is 4.74 Å². The van der Waals surface area contributed by atoms with Crippen LogP contribution in [0.1, 0.15) is 21.5 Å². The molecule has 128 valence electrons. The Morgan fingerprint density at radius 3 is 2.29 bits per heavy atom. The molecule has 0 fully saturated rings. The van der Waals surface area contributed by atoms with Crippen molar-refractivity contribution in [1.29, 1.82) is 0 Å². The van der Waals surface area contributed by atoms with Gasteiger partial charge in [0, 0.05) is 31.0 Å². The molecule has 1 amide bonds. The van der Waals surface area contributed by atoms with Crippen LogP contribution in [-0.4, -0.2) is 39.6 Å². The molecule has 0 radical (unpaired) electrons. The number of sulfone groups is 1. The van der Waals surface area contributed by atoms with Crippen molar-refractivity contribution in [2.24, 2.45) is 0 Å². The lowest BCUT2D eigenvalue weighted by atomic mass is 10.1. The number of hydrogen-bond acceptors (Lipinski definition) is 4. The van der Waals surface area contributed by atoms with Crippen LogP contribution in [0.15, 0.2) is 47.4 Å². The van der Waals surface area contributed by atoms with Gasteiger partial charge in [0.05, 0.1) is 12.0 Å². The number of aryl methyl sites for hydroxylation is 1. The van der Waals surface area contributed by atoms with Crippen LogP contribution in [0.2, 0.25) is 0 Å². The van der Waals surface area contributed by atoms with Gasteiger partial charge in [0.2, 0.25) is 0 Å². The average molecular weight is 347 g/mol. The zero-order chi connectivity index (χ0) is 17.9. The minimum Gasteiger partial charge on any atom is -0.496 e. The van der Waals surface area contributed by atoms with Crippen LogP contribution in [0.4, 0.5) is 0 Å². The van der Waals surface area contributed by atoms with E-state index < -0.39 is 9.84 Å². The van der Waals surface area contributed by atoms with Crippen LogP contribution in [-0.2, 0) is 16.4 Å². The van der Waals surface area contributed by atoms with Gasteiger partial charge in [-0.2, -0.15) is 0 Å². The van der Waals surface area contributed by atoms with Crippen molar-refractivity contribution in [2.45, 2.75) is 18.4 Å². The van der Waals surface area contributed by atoms with E-state index in [0.29, 0.717) is 12.1 Å². The molecule has 0 spiro atoms. The molecule has 0 N–H and O–H groups in total. The van der Waals surface area contributed by atoms with Crippen molar-refractivity contribution in [3.05, 3.63) is 59.2 Å². The normalized spacial score (nSPS) is 11.2. The lowest BCUT2D eigenvalue weighted by Crippen LogP contribution is -2.26. The van der Waals surface area contributed by atoms with Gasteiger partial charge in [0.1, 0.15) is 5.75 Å². The first kappa shape index (κ1) is 18.0. The second kappa shape index (κ2) is 7.05. The van der Waals surface area contributed by atoms with E-state index in [1.54, 1.807) is 19.1 Å². The number of methoxy groups -OCH3 is 1. The molecule has 2 rings (SSSR count). The fourth-order valence-electron chi connectivity index (χ4n) is 2.42. The maximum Gasteiger partial charge on any atom is 0.253 e. The Hall–Kier alpha value is -2.34. The molecule has 0 aromatic heterocycles. The molecule has 5 nitrogen and oxygen atoms in total. The van der Waals surface area contributed by atoms with Gasteiger partial charge in [-0.1, -0.05) is 17.7 Å². The molecule has 2 aromatic carbocycles. The van der Waals surface area contributed by atoms with Crippen LogP contribution in [0.5, 0.6) is 5.75 Å². The van der Waals surface area contributed by atoms with Gasteiger partial charge < -0.3 is 9.64 Å². The molecular formula is C18H21NO4S. The average Bonchev–Trinajstić information content (AvgIpc) is 2.53. The van der Waals surface area contributed by atoms with Crippen LogP contribution in [0.25, 0.3) is 0 Å². The molecule has 2 aromatic rings. The van der Waals surface area contributed by atoms with Crippen molar-refractivity contribution in [3.63, 3.8) is 0 Å². The third-order valence-corrected chi connectivity index (χ3v) is 4.85. The molecule has 0 saturated heterocycles. The Labute approximate surface area is 142 Å². The predicted octanol–water partition coefficient (Wildman–Crippen LogP) is 2.68. The summed E-state index contributed by atoms with van der Waals surface area (Å²) in [5.74, 6) is 0.547. The van der Waals surface area contributed by atoms with Gasteiger partial charge >= 0.3 is 0 Å². The molecule has 6 heteroatoms. The van der Waals surface area contributed by atoms with Crippen molar-refractivity contribution in [1.82, 2.24) is 4.90 Å². The number of nitrogens with zero attached hydrogens (tertiary/aromatic N) is 1. The van der Waals surface area contributed by atoms with Gasteiger partial charge in [-0.15, -0.1) is 0 Å². The molecular weight excluding hydrogens is 326 g/mol. The van der Waals surface area contributed by atoms with E-state index in [0.717, 1.165) is 23.1 Å². The second-order valence-electron chi connectivity index (χ2n) is 5.77. The van der Waals surface area contributed by atoms with E-state index in [9.17, 15) is 13.2 Å². The Morgan fingerprint density at radius 1 is 1.12 bits per heavy atom. The quantitative estimate of drug-likeness (QED) is 0.834. The van der Waals surface area contributed by atoms with E-state index in [1.165, 1.54) is 24.3 Å². The first-order valence-electron chi connectivity index (χ1n) is 7.41.